The van der Waals surface area contributed by atoms with E-state index >= 15 is 0 Å². The molecule has 2 heterocycles. The monoisotopic (exact) mass is 351 g/mol. The van der Waals surface area contributed by atoms with Crippen LogP contribution >= 0.6 is 22.9 Å². The Hall–Kier alpha value is -2.43. The Morgan fingerprint density at radius 1 is 0.958 bits per heavy atom. The summed E-state index contributed by atoms with van der Waals surface area (Å²) >= 11 is 7.66. The molecule has 0 aliphatic heterocycles. The molecule has 4 aromatic rings. The van der Waals surface area contributed by atoms with Gasteiger partial charge in [0.2, 0.25) is 0 Å². The minimum absolute atomic E-state index is 0.713. The Labute approximate surface area is 149 Å². The molecule has 0 atom stereocenters. The Morgan fingerprint density at radius 3 is 2.46 bits per heavy atom. The van der Waals surface area contributed by atoms with Crippen LogP contribution in [0, 0.1) is 6.92 Å². The van der Waals surface area contributed by atoms with Crippen molar-refractivity contribution in [3.8, 4) is 11.1 Å². The summed E-state index contributed by atoms with van der Waals surface area (Å²) in [5, 5.41) is 5.16. The smallest absolute Gasteiger partial charge is 0.143 e. The average molecular weight is 352 g/mol. The molecule has 0 saturated heterocycles. The van der Waals surface area contributed by atoms with E-state index < -0.39 is 0 Å². The zero-order valence-corrected chi connectivity index (χ0v) is 14.5. The van der Waals surface area contributed by atoms with Gasteiger partial charge >= 0.3 is 0 Å². The third kappa shape index (κ3) is 2.75. The number of halogens is 1. The number of benzene rings is 2. The van der Waals surface area contributed by atoms with Gasteiger partial charge in [-0.25, -0.2) is 9.97 Å². The van der Waals surface area contributed by atoms with E-state index in [1.54, 1.807) is 17.7 Å². The molecular formula is C19H14ClN3S. The van der Waals surface area contributed by atoms with Gasteiger partial charge in [0.1, 0.15) is 17.0 Å². The van der Waals surface area contributed by atoms with Crippen LogP contribution in [0.4, 0.5) is 11.5 Å². The molecule has 0 radical (unpaired) electrons. The highest BCUT2D eigenvalue weighted by Crippen LogP contribution is 2.40. The fraction of sp³-hybridized carbons (Fsp3) is 0.0526. The highest BCUT2D eigenvalue weighted by molar-refractivity contribution is 7.19. The molecular weight excluding hydrogens is 338 g/mol. The Bertz CT molecular complexity index is 994. The summed E-state index contributed by atoms with van der Waals surface area (Å²) in [4.78, 5) is 11.1. The second-order valence-electron chi connectivity index (χ2n) is 5.43. The predicted octanol–water partition coefficient (Wildman–Crippen LogP) is 6.06. The van der Waals surface area contributed by atoms with Crippen LogP contribution in [-0.4, -0.2) is 9.97 Å². The molecule has 4 rings (SSSR count). The largest absolute Gasteiger partial charge is 0.340 e. The van der Waals surface area contributed by atoms with E-state index in [0.717, 1.165) is 21.7 Å². The number of hydrogen-bond acceptors (Lipinski definition) is 4. The first-order valence-electron chi connectivity index (χ1n) is 7.54. The number of aryl methyl sites for hydroxylation is 1. The molecule has 0 unspecified atom stereocenters. The highest BCUT2D eigenvalue weighted by Gasteiger charge is 2.16. The number of thiophene rings is 1. The second-order valence-corrected chi connectivity index (χ2v) is 7.07. The first-order valence-corrected chi connectivity index (χ1v) is 8.74. The second kappa shape index (κ2) is 6.23. The fourth-order valence-corrected chi connectivity index (χ4v) is 3.90. The summed E-state index contributed by atoms with van der Waals surface area (Å²) in [6.45, 7) is 2.13. The van der Waals surface area contributed by atoms with E-state index in [9.17, 15) is 0 Å². The lowest BCUT2D eigenvalue weighted by Crippen LogP contribution is -1.95. The maximum atomic E-state index is 5.97. The fourth-order valence-electron chi connectivity index (χ4n) is 2.76. The molecule has 0 bridgehead atoms. The van der Waals surface area contributed by atoms with Gasteiger partial charge in [-0.3, -0.25) is 0 Å². The van der Waals surface area contributed by atoms with Crippen LogP contribution in [-0.2, 0) is 0 Å². The Balaban J connectivity index is 1.88. The molecule has 24 heavy (non-hydrogen) atoms. The minimum Gasteiger partial charge on any atom is -0.340 e. The lowest BCUT2D eigenvalue weighted by atomic mass is 10.0. The van der Waals surface area contributed by atoms with E-state index in [1.807, 2.05) is 42.5 Å². The van der Waals surface area contributed by atoms with Crippen molar-refractivity contribution in [2.75, 3.05) is 5.32 Å². The predicted molar refractivity (Wildman–Crippen MR) is 102 cm³/mol. The van der Waals surface area contributed by atoms with E-state index in [1.165, 1.54) is 16.0 Å². The summed E-state index contributed by atoms with van der Waals surface area (Å²) in [7, 11) is 0. The number of aromatic nitrogens is 2. The van der Waals surface area contributed by atoms with E-state index in [4.69, 9.17) is 11.6 Å². The average Bonchev–Trinajstić information content (AvgIpc) is 2.94. The molecule has 0 aliphatic rings. The molecule has 118 valence electrons. The summed E-state index contributed by atoms with van der Waals surface area (Å²) in [5.74, 6) is 0.811. The lowest BCUT2D eigenvalue weighted by Gasteiger charge is -2.09. The minimum atomic E-state index is 0.713. The van der Waals surface area contributed by atoms with Crippen molar-refractivity contribution in [2.45, 2.75) is 6.92 Å². The van der Waals surface area contributed by atoms with Gasteiger partial charge in [-0.1, -0.05) is 41.9 Å². The molecule has 2 aromatic carbocycles. The first-order chi connectivity index (χ1) is 11.7. The van der Waals surface area contributed by atoms with E-state index in [-0.39, 0.29) is 0 Å². The van der Waals surface area contributed by atoms with Crippen LogP contribution in [0.5, 0.6) is 0 Å². The van der Waals surface area contributed by atoms with Crippen LogP contribution in [0.25, 0.3) is 21.3 Å². The number of nitrogens with one attached hydrogen (secondary N) is 1. The van der Waals surface area contributed by atoms with Gasteiger partial charge in [-0.05, 0) is 36.8 Å². The quantitative estimate of drug-likeness (QED) is 0.487. The van der Waals surface area contributed by atoms with Crippen molar-refractivity contribution >= 4 is 44.7 Å². The zero-order chi connectivity index (χ0) is 16.5. The van der Waals surface area contributed by atoms with Gasteiger partial charge in [0.25, 0.3) is 0 Å². The SMILES string of the molecule is Cc1sc2ncnc(Nc3ccc(Cl)cc3)c2c1-c1ccccc1. The van der Waals surface area contributed by atoms with Gasteiger partial charge in [-0.15, -0.1) is 11.3 Å². The summed E-state index contributed by atoms with van der Waals surface area (Å²) in [5.41, 5.74) is 3.31. The number of nitrogens with zero attached hydrogens (tertiary/aromatic N) is 2. The third-order valence-electron chi connectivity index (χ3n) is 3.83. The molecule has 0 fully saturated rings. The van der Waals surface area contributed by atoms with Crippen LogP contribution < -0.4 is 5.32 Å². The summed E-state index contributed by atoms with van der Waals surface area (Å²) in [6, 6.07) is 18.0. The Morgan fingerprint density at radius 2 is 1.71 bits per heavy atom. The van der Waals surface area contributed by atoms with E-state index in [0.29, 0.717) is 5.02 Å². The molecule has 1 N–H and O–H groups in total. The molecule has 2 aromatic heterocycles. The molecule has 0 aliphatic carbocycles. The lowest BCUT2D eigenvalue weighted by molar-refractivity contribution is 1.23. The number of fused-ring (bicyclic) bond motifs is 1. The first kappa shape index (κ1) is 15.1. The van der Waals surface area contributed by atoms with Crippen LogP contribution in [0.2, 0.25) is 5.02 Å². The van der Waals surface area contributed by atoms with Gasteiger partial charge in [-0.2, -0.15) is 0 Å². The van der Waals surface area contributed by atoms with Crippen LogP contribution in [0.15, 0.2) is 60.9 Å². The third-order valence-corrected chi connectivity index (χ3v) is 5.10. The number of hydrogen-bond donors (Lipinski definition) is 1. The van der Waals surface area contributed by atoms with Crippen LogP contribution in [0.1, 0.15) is 4.88 Å². The van der Waals surface area contributed by atoms with Crippen molar-refractivity contribution < 1.29 is 0 Å². The van der Waals surface area contributed by atoms with Gasteiger partial charge in [0.15, 0.2) is 0 Å². The van der Waals surface area contributed by atoms with Crippen molar-refractivity contribution in [1.82, 2.24) is 9.97 Å². The maximum absolute atomic E-state index is 5.97. The van der Waals surface area contributed by atoms with Gasteiger partial charge < -0.3 is 5.32 Å². The van der Waals surface area contributed by atoms with E-state index in [2.05, 4.69) is 34.3 Å². The van der Waals surface area contributed by atoms with Gasteiger partial charge in [0, 0.05) is 21.2 Å². The maximum Gasteiger partial charge on any atom is 0.143 e. The van der Waals surface area contributed by atoms with Crippen molar-refractivity contribution in [1.29, 1.82) is 0 Å². The van der Waals surface area contributed by atoms with Crippen molar-refractivity contribution in [2.24, 2.45) is 0 Å². The standard InChI is InChI=1S/C19H14ClN3S/c1-12-16(13-5-3-2-4-6-13)17-18(21-11-22-19(17)24-12)23-15-9-7-14(20)8-10-15/h2-11H,1H3,(H,21,22,23). The molecule has 0 saturated carbocycles. The molecule has 0 amide bonds. The molecule has 3 nitrogen and oxygen atoms in total. The van der Waals surface area contributed by atoms with Crippen LogP contribution in [0.3, 0.4) is 0 Å². The topological polar surface area (TPSA) is 37.8 Å². The molecule has 0 spiro atoms. The number of anilines is 2. The van der Waals surface area contributed by atoms with Crippen molar-refractivity contribution in [3.05, 3.63) is 70.8 Å². The zero-order valence-electron chi connectivity index (χ0n) is 13.0. The summed E-state index contributed by atoms with van der Waals surface area (Å²) < 4.78 is 0. The normalized spacial score (nSPS) is 10.9. The Kier molecular flexibility index (Phi) is 3.92. The van der Waals surface area contributed by atoms with Crippen molar-refractivity contribution in [3.63, 3.8) is 0 Å². The summed E-state index contributed by atoms with van der Waals surface area (Å²) in [6.07, 6.45) is 1.60. The molecule has 5 heteroatoms. The number of rotatable bonds is 3. The highest BCUT2D eigenvalue weighted by atomic mass is 35.5. The van der Waals surface area contributed by atoms with Gasteiger partial charge in [0.05, 0.1) is 5.39 Å².